The van der Waals surface area contributed by atoms with Gasteiger partial charge in [-0.25, -0.2) is 4.98 Å². The molecule has 28 heavy (non-hydrogen) atoms. The number of halogens is 1. The third-order valence-corrected chi connectivity index (χ3v) is 3.98. The second kappa shape index (κ2) is 7.82. The molecule has 140 valence electrons. The number of fused-ring (bicyclic) bond motifs is 1. The number of nitriles is 1. The van der Waals surface area contributed by atoms with Gasteiger partial charge in [-0.2, -0.15) is 5.26 Å². The fraction of sp³-hybridized carbons (Fsp3) is 0.0526. The van der Waals surface area contributed by atoms with Gasteiger partial charge >= 0.3 is 5.97 Å². The maximum Gasteiger partial charge on any atom is 0.322 e. The lowest BCUT2D eigenvalue weighted by molar-refractivity contribution is -0.135. The van der Waals surface area contributed by atoms with Gasteiger partial charge in [0.05, 0.1) is 5.39 Å². The Morgan fingerprint density at radius 1 is 1.21 bits per heavy atom. The van der Waals surface area contributed by atoms with Crippen molar-refractivity contribution in [3.05, 3.63) is 58.9 Å². The monoisotopic (exact) mass is 397 g/mol. The predicted octanol–water partition coefficient (Wildman–Crippen LogP) is 3.07. The Hall–Kier alpha value is -3.83. The highest BCUT2D eigenvalue weighted by atomic mass is 35.5. The number of aromatic hydroxyl groups is 1. The molecule has 0 radical (unpaired) electrons. The average molecular weight is 398 g/mol. The third-order valence-electron chi connectivity index (χ3n) is 3.73. The van der Waals surface area contributed by atoms with Crippen LogP contribution in [0.15, 0.2) is 42.5 Å². The van der Waals surface area contributed by atoms with E-state index in [2.05, 4.69) is 10.3 Å². The molecule has 0 fully saturated rings. The predicted molar refractivity (Wildman–Crippen MR) is 99.6 cm³/mol. The number of pyridine rings is 1. The smallest absolute Gasteiger partial charge is 0.322 e. The molecule has 0 aliphatic heterocycles. The van der Waals surface area contributed by atoms with E-state index in [0.29, 0.717) is 10.8 Å². The molecule has 0 bridgehead atoms. The zero-order chi connectivity index (χ0) is 20.3. The Bertz CT molecular complexity index is 1120. The van der Waals surface area contributed by atoms with Crippen molar-refractivity contribution in [1.29, 1.82) is 5.26 Å². The highest BCUT2D eigenvalue weighted by Crippen LogP contribution is 2.38. The number of amides is 1. The molecule has 0 aliphatic rings. The standard InChI is InChI=1S/C19H12ClN3O5/c20-10-4-6-11(7-5-10)28-14-3-1-2-12-13(8-21)23-17(18(26)16(12)14)19(27)22-9-15(24)25/h1-7,26H,9H2,(H,22,27)(H,24,25). The van der Waals surface area contributed by atoms with Gasteiger partial charge in [-0.3, -0.25) is 9.59 Å². The number of hydrogen-bond acceptors (Lipinski definition) is 6. The third kappa shape index (κ3) is 3.79. The van der Waals surface area contributed by atoms with Crippen molar-refractivity contribution < 1.29 is 24.5 Å². The first-order valence-electron chi connectivity index (χ1n) is 7.90. The number of carboxylic acid groups (broad SMARTS) is 1. The lowest BCUT2D eigenvalue weighted by Gasteiger charge is -2.13. The fourth-order valence-electron chi connectivity index (χ4n) is 2.51. The molecule has 3 N–H and O–H groups in total. The van der Waals surface area contributed by atoms with Crippen LogP contribution >= 0.6 is 11.6 Å². The van der Waals surface area contributed by atoms with E-state index in [1.807, 2.05) is 6.07 Å². The molecule has 0 aliphatic carbocycles. The van der Waals surface area contributed by atoms with Crippen molar-refractivity contribution >= 4 is 34.2 Å². The summed E-state index contributed by atoms with van der Waals surface area (Å²) in [6.45, 7) is -0.664. The number of nitrogens with one attached hydrogen (secondary N) is 1. The van der Waals surface area contributed by atoms with Crippen LogP contribution in [-0.2, 0) is 4.79 Å². The fourth-order valence-corrected chi connectivity index (χ4v) is 2.64. The lowest BCUT2D eigenvalue weighted by atomic mass is 10.1. The number of rotatable bonds is 5. The zero-order valence-electron chi connectivity index (χ0n) is 14.1. The number of nitrogens with zero attached hydrogens (tertiary/aromatic N) is 2. The quantitative estimate of drug-likeness (QED) is 0.602. The summed E-state index contributed by atoms with van der Waals surface area (Å²) in [6, 6.07) is 13.0. The highest BCUT2D eigenvalue weighted by molar-refractivity contribution is 6.30. The van der Waals surface area contributed by atoms with Crippen molar-refractivity contribution in [2.45, 2.75) is 0 Å². The molecule has 0 saturated heterocycles. The van der Waals surface area contributed by atoms with Gasteiger partial charge in [-0.15, -0.1) is 0 Å². The molecular formula is C19H12ClN3O5. The number of aliphatic carboxylic acids is 1. The Balaban J connectivity index is 2.14. The van der Waals surface area contributed by atoms with Gasteiger partial charge in [0.25, 0.3) is 5.91 Å². The molecule has 0 unspecified atom stereocenters. The van der Waals surface area contributed by atoms with E-state index in [-0.39, 0.29) is 22.2 Å². The molecular weight excluding hydrogens is 386 g/mol. The number of hydrogen-bond donors (Lipinski definition) is 3. The minimum absolute atomic E-state index is 0.101. The summed E-state index contributed by atoms with van der Waals surface area (Å²) >= 11 is 5.86. The molecule has 1 heterocycles. The van der Waals surface area contributed by atoms with Crippen molar-refractivity contribution in [3.63, 3.8) is 0 Å². The number of carboxylic acids is 1. The minimum Gasteiger partial charge on any atom is -0.505 e. The van der Waals surface area contributed by atoms with Crippen molar-refractivity contribution in [3.8, 4) is 23.3 Å². The Labute approximate surface area is 163 Å². The first-order chi connectivity index (χ1) is 13.4. The van der Waals surface area contributed by atoms with Crippen LogP contribution in [0.25, 0.3) is 10.8 Å². The molecule has 3 rings (SSSR count). The van der Waals surface area contributed by atoms with Crippen LogP contribution in [-0.4, -0.2) is 33.6 Å². The van der Waals surface area contributed by atoms with Crippen LogP contribution in [0.4, 0.5) is 0 Å². The number of carbonyl (C=O) groups is 2. The molecule has 9 heteroatoms. The zero-order valence-corrected chi connectivity index (χ0v) is 14.9. The van der Waals surface area contributed by atoms with Gasteiger partial charge in [0, 0.05) is 10.4 Å². The molecule has 1 aromatic heterocycles. The van der Waals surface area contributed by atoms with Crippen molar-refractivity contribution in [2.24, 2.45) is 0 Å². The second-order valence-corrected chi connectivity index (χ2v) is 6.02. The van der Waals surface area contributed by atoms with Gasteiger partial charge in [0.2, 0.25) is 0 Å². The van der Waals surface area contributed by atoms with Crippen molar-refractivity contribution in [1.82, 2.24) is 10.3 Å². The average Bonchev–Trinajstić information content (AvgIpc) is 2.68. The van der Waals surface area contributed by atoms with Gasteiger partial charge in [0.15, 0.2) is 11.4 Å². The van der Waals surface area contributed by atoms with E-state index >= 15 is 0 Å². The molecule has 1 amide bonds. The molecule has 0 spiro atoms. The number of benzene rings is 2. The summed E-state index contributed by atoms with van der Waals surface area (Å²) in [5, 5.41) is 31.7. The van der Waals surface area contributed by atoms with Crippen LogP contribution in [0.1, 0.15) is 16.2 Å². The first-order valence-corrected chi connectivity index (χ1v) is 8.27. The Morgan fingerprint density at radius 2 is 1.93 bits per heavy atom. The molecule has 0 atom stereocenters. The van der Waals surface area contributed by atoms with Gasteiger partial charge in [-0.05, 0) is 30.3 Å². The van der Waals surface area contributed by atoms with Gasteiger partial charge < -0.3 is 20.3 Å². The minimum atomic E-state index is -1.26. The van der Waals surface area contributed by atoms with Crippen LogP contribution in [0.2, 0.25) is 5.02 Å². The maximum absolute atomic E-state index is 12.2. The maximum atomic E-state index is 12.2. The summed E-state index contributed by atoms with van der Waals surface area (Å²) in [5.74, 6) is -2.12. The number of ether oxygens (including phenoxy) is 1. The van der Waals surface area contributed by atoms with Crippen LogP contribution in [0, 0.1) is 11.3 Å². The lowest BCUT2D eigenvalue weighted by Crippen LogP contribution is -2.30. The van der Waals surface area contributed by atoms with Crippen molar-refractivity contribution in [2.75, 3.05) is 6.54 Å². The van der Waals surface area contributed by atoms with Crippen LogP contribution < -0.4 is 10.1 Å². The van der Waals surface area contributed by atoms with E-state index in [1.54, 1.807) is 42.5 Å². The first kappa shape index (κ1) is 18.9. The van der Waals surface area contributed by atoms with Gasteiger partial charge in [0.1, 0.15) is 29.8 Å². The Kier molecular flexibility index (Phi) is 5.29. The SMILES string of the molecule is N#Cc1nc(C(=O)NCC(=O)O)c(O)c2c(Oc3ccc(Cl)cc3)cccc12. The second-order valence-electron chi connectivity index (χ2n) is 5.58. The summed E-state index contributed by atoms with van der Waals surface area (Å²) in [6.07, 6.45) is 0. The Morgan fingerprint density at radius 3 is 2.57 bits per heavy atom. The van der Waals surface area contributed by atoms with E-state index in [4.69, 9.17) is 21.4 Å². The van der Waals surface area contributed by atoms with E-state index in [0.717, 1.165) is 0 Å². The summed E-state index contributed by atoms with van der Waals surface area (Å²) in [7, 11) is 0. The van der Waals surface area contributed by atoms with Crippen LogP contribution in [0.3, 0.4) is 0 Å². The number of aromatic nitrogens is 1. The largest absolute Gasteiger partial charge is 0.505 e. The summed E-state index contributed by atoms with van der Waals surface area (Å²) in [4.78, 5) is 26.8. The molecule has 0 saturated carbocycles. The number of carbonyl (C=O) groups excluding carboxylic acids is 1. The molecule has 2 aromatic carbocycles. The normalized spacial score (nSPS) is 10.3. The van der Waals surface area contributed by atoms with Gasteiger partial charge in [-0.1, -0.05) is 23.7 Å². The molecule has 3 aromatic rings. The summed E-state index contributed by atoms with van der Waals surface area (Å²) < 4.78 is 5.78. The van der Waals surface area contributed by atoms with E-state index < -0.39 is 29.9 Å². The topological polar surface area (TPSA) is 133 Å². The van der Waals surface area contributed by atoms with E-state index in [9.17, 15) is 20.0 Å². The van der Waals surface area contributed by atoms with E-state index in [1.165, 1.54) is 0 Å². The summed E-state index contributed by atoms with van der Waals surface area (Å²) in [5.41, 5.74) is -0.590. The van der Waals surface area contributed by atoms with Crippen LogP contribution in [0.5, 0.6) is 17.2 Å². The molecule has 8 nitrogen and oxygen atoms in total. The highest BCUT2D eigenvalue weighted by Gasteiger charge is 2.22.